The summed E-state index contributed by atoms with van der Waals surface area (Å²) in [4.78, 5) is 23.3. The summed E-state index contributed by atoms with van der Waals surface area (Å²) in [7, 11) is 0. The summed E-state index contributed by atoms with van der Waals surface area (Å²) in [6.45, 7) is 5.27. The van der Waals surface area contributed by atoms with E-state index < -0.39 is 23.2 Å². The quantitative estimate of drug-likeness (QED) is 0.660. The highest BCUT2D eigenvalue weighted by atomic mass is 16.4. The molecule has 0 radical (unpaired) electrons. The molecule has 1 fully saturated rings. The van der Waals surface area contributed by atoms with Crippen LogP contribution < -0.4 is 11.1 Å². The Morgan fingerprint density at radius 3 is 2.28 bits per heavy atom. The van der Waals surface area contributed by atoms with Crippen molar-refractivity contribution >= 4 is 11.9 Å². The Hall–Kier alpha value is -1.10. The van der Waals surface area contributed by atoms with Gasteiger partial charge in [-0.1, -0.05) is 33.6 Å². The Kier molecular flexibility index (Phi) is 4.73. The van der Waals surface area contributed by atoms with Gasteiger partial charge in [-0.2, -0.15) is 0 Å². The normalized spacial score (nSPS) is 26.4. The number of aliphatic carboxylic acids is 1. The molecule has 3 atom stereocenters. The molecule has 0 bridgehead atoms. The number of carbonyl (C=O) groups is 2. The number of carboxylic acid groups (broad SMARTS) is 1. The molecule has 0 aromatic carbocycles. The highest BCUT2D eigenvalue weighted by Crippen LogP contribution is 2.27. The number of amides is 1. The van der Waals surface area contributed by atoms with Crippen LogP contribution in [0.4, 0.5) is 0 Å². The molecule has 18 heavy (non-hydrogen) atoms. The second-order valence-electron chi connectivity index (χ2n) is 6.20. The molecule has 0 aliphatic heterocycles. The lowest BCUT2D eigenvalue weighted by molar-refractivity contribution is -0.151. The highest BCUT2D eigenvalue weighted by molar-refractivity contribution is 5.97. The van der Waals surface area contributed by atoms with E-state index in [4.69, 9.17) is 5.73 Å². The molecule has 5 nitrogen and oxygen atoms in total. The zero-order chi connectivity index (χ0) is 13.9. The van der Waals surface area contributed by atoms with E-state index in [-0.39, 0.29) is 12.1 Å². The second kappa shape index (κ2) is 5.69. The third-order valence-corrected chi connectivity index (χ3v) is 3.52. The van der Waals surface area contributed by atoms with E-state index in [9.17, 15) is 14.7 Å². The van der Waals surface area contributed by atoms with E-state index in [1.54, 1.807) is 20.8 Å². The molecule has 3 unspecified atom stereocenters. The molecule has 0 heterocycles. The van der Waals surface area contributed by atoms with Gasteiger partial charge >= 0.3 is 5.97 Å². The van der Waals surface area contributed by atoms with Gasteiger partial charge in [0.1, 0.15) is 5.92 Å². The van der Waals surface area contributed by atoms with Crippen LogP contribution in [-0.4, -0.2) is 29.1 Å². The Labute approximate surface area is 108 Å². The standard InChI is InChI=1S/C13H24N2O3/c1-13(2,3)10(12(17)18)11(16)15-9-7-5-4-6-8(9)14/h8-10H,4-7,14H2,1-3H3,(H,15,16)(H,17,18). The largest absolute Gasteiger partial charge is 0.481 e. The van der Waals surface area contributed by atoms with Crippen LogP contribution in [-0.2, 0) is 9.59 Å². The molecular formula is C13H24N2O3. The molecule has 1 amide bonds. The third-order valence-electron chi connectivity index (χ3n) is 3.52. The van der Waals surface area contributed by atoms with Crippen LogP contribution in [0.25, 0.3) is 0 Å². The minimum Gasteiger partial charge on any atom is -0.481 e. The van der Waals surface area contributed by atoms with E-state index >= 15 is 0 Å². The summed E-state index contributed by atoms with van der Waals surface area (Å²) in [5, 5.41) is 12.0. The lowest BCUT2D eigenvalue weighted by atomic mass is 9.79. The SMILES string of the molecule is CC(C)(C)C(C(=O)O)C(=O)NC1CCCCC1N. The average molecular weight is 256 g/mol. The van der Waals surface area contributed by atoms with Crippen LogP contribution in [0.15, 0.2) is 0 Å². The summed E-state index contributed by atoms with van der Waals surface area (Å²) < 4.78 is 0. The molecule has 104 valence electrons. The minimum atomic E-state index is -1.08. The minimum absolute atomic E-state index is 0.0582. The first-order valence-corrected chi connectivity index (χ1v) is 6.52. The molecule has 0 aromatic heterocycles. The van der Waals surface area contributed by atoms with Crippen molar-refractivity contribution in [2.24, 2.45) is 17.1 Å². The fourth-order valence-electron chi connectivity index (χ4n) is 2.48. The molecule has 5 heteroatoms. The van der Waals surface area contributed by atoms with Crippen LogP contribution in [0.1, 0.15) is 46.5 Å². The first kappa shape index (κ1) is 15.0. The number of rotatable bonds is 3. The Bertz CT molecular complexity index is 323. The fourth-order valence-corrected chi connectivity index (χ4v) is 2.48. The van der Waals surface area contributed by atoms with Crippen LogP contribution in [0, 0.1) is 11.3 Å². The van der Waals surface area contributed by atoms with Gasteiger partial charge in [-0.3, -0.25) is 9.59 Å². The van der Waals surface area contributed by atoms with Gasteiger partial charge in [-0.15, -0.1) is 0 Å². The Morgan fingerprint density at radius 2 is 1.83 bits per heavy atom. The topological polar surface area (TPSA) is 92.4 Å². The number of hydrogen-bond acceptors (Lipinski definition) is 3. The van der Waals surface area contributed by atoms with Gasteiger partial charge in [0.15, 0.2) is 0 Å². The van der Waals surface area contributed by atoms with Crippen LogP contribution in [0.2, 0.25) is 0 Å². The predicted molar refractivity (Wildman–Crippen MR) is 69.0 cm³/mol. The lowest BCUT2D eigenvalue weighted by Crippen LogP contribution is -2.53. The number of hydrogen-bond donors (Lipinski definition) is 3. The van der Waals surface area contributed by atoms with Gasteiger partial charge in [-0.05, 0) is 18.3 Å². The lowest BCUT2D eigenvalue weighted by Gasteiger charge is -2.32. The van der Waals surface area contributed by atoms with Crippen molar-refractivity contribution < 1.29 is 14.7 Å². The van der Waals surface area contributed by atoms with Crippen molar-refractivity contribution in [3.05, 3.63) is 0 Å². The van der Waals surface area contributed by atoms with Gasteiger partial charge in [0.05, 0.1) is 0 Å². The zero-order valence-corrected chi connectivity index (χ0v) is 11.4. The summed E-state index contributed by atoms with van der Waals surface area (Å²) in [5.41, 5.74) is 5.35. The number of nitrogens with one attached hydrogen (secondary N) is 1. The third kappa shape index (κ3) is 3.70. The monoisotopic (exact) mass is 256 g/mol. The van der Waals surface area contributed by atoms with Crippen molar-refractivity contribution in [2.75, 3.05) is 0 Å². The van der Waals surface area contributed by atoms with E-state index in [0.29, 0.717) is 0 Å². The van der Waals surface area contributed by atoms with Crippen molar-refractivity contribution in [2.45, 2.75) is 58.5 Å². The number of nitrogens with two attached hydrogens (primary N) is 1. The van der Waals surface area contributed by atoms with Crippen LogP contribution >= 0.6 is 0 Å². The molecule has 0 saturated heterocycles. The van der Waals surface area contributed by atoms with Gasteiger partial charge in [0.25, 0.3) is 0 Å². The van der Waals surface area contributed by atoms with Crippen LogP contribution in [0.5, 0.6) is 0 Å². The molecule has 0 aromatic rings. The van der Waals surface area contributed by atoms with Crippen molar-refractivity contribution in [3.63, 3.8) is 0 Å². The van der Waals surface area contributed by atoms with E-state index in [1.807, 2.05) is 0 Å². The van der Waals surface area contributed by atoms with Gasteiger partial charge in [-0.25, -0.2) is 0 Å². The van der Waals surface area contributed by atoms with Gasteiger partial charge in [0, 0.05) is 12.1 Å². The molecule has 1 aliphatic carbocycles. The highest BCUT2D eigenvalue weighted by Gasteiger charge is 2.39. The Balaban J connectivity index is 2.70. The summed E-state index contributed by atoms with van der Waals surface area (Å²) in [6, 6.07) is -0.146. The smallest absolute Gasteiger partial charge is 0.316 e. The number of carboxylic acids is 1. The fraction of sp³-hybridized carbons (Fsp3) is 0.846. The van der Waals surface area contributed by atoms with E-state index in [0.717, 1.165) is 25.7 Å². The average Bonchev–Trinajstić information content (AvgIpc) is 2.18. The summed E-state index contributed by atoms with van der Waals surface area (Å²) in [5.74, 6) is -2.53. The van der Waals surface area contributed by atoms with Crippen LogP contribution in [0.3, 0.4) is 0 Å². The molecule has 1 rings (SSSR count). The maximum Gasteiger partial charge on any atom is 0.316 e. The number of carbonyl (C=O) groups excluding carboxylic acids is 1. The van der Waals surface area contributed by atoms with E-state index in [2.05, 4.69) is 5.32 Å². The molecule has 4 N–H and O–H groups in total. The molecular weight excluding hydrogens is 232 g/mol. The van der Waals surface area contributed by atoms with E-state index in [1.165, 1.54) is 0 Å². The maximum atomic E-state index is 12.1. The maximum absolute atomic E-state index is 12.1. The molecule has 1 aliphatic rings. The summed E-state index contributed by atoms with van der Waals surface area (Å²) in [6.07, 6.45) is 3.84. The summed E-state index contributed by atoms with van der Waals surface area (Å²) >= 11 is 0. The first-order valence-electron chi connectivity index (χ1n) is 6.52. The van der Waals surface area contributed by atoms with Gasteiger partial charge in [0.2, 0.25) is 5.91 Å². The predicted octanol–water partition coefficient (Wildman–Crippen LogP) is 1.12. The van der Waals surface area contributed by atoms with Crippen molar-refractivity contribution in [1.29, 1.82) is 0 Å². The van der Waals surface area contributed by atoms with Crippen molar-refractivity contribution in [3.8, 4) is 0 Å². The van der Waals surface area contributed by atoms with Crippen molar-refractivity contribution in [1.82, 2.24) is 5.32 Å². The second-order valence-corrected chi connectivity index (χ2v) is 6.20. The van der Waals surface area contributed by atoms with Gasteiger partial charge < -0.3 is 16.2 Å². The molecule has 1 saturated carbocycles. The first-order chi connectivity index (χ1) is 8.23. The zero-order valence-electron chi connectivity index (χ0n) is 11.4. The Morgan fingerprint density at radius 1 is 1.28 bits per heavy atom. The molecule has 0 spiro atoms.